The first kappa shape index (κ1) is 18.3. The summed E-state index contributed by atoms with van der Waals surface area (Å²) in [6.07, 6.45) is 3.94. The van der Waals surface area contributed by atoms with Gasteiger partial charge < -0.3 is 10.2 Å². The Morgan fingerprint density at radius 3 is 2.12 bits per heavy atom. The second-order valence-electron chi connectivity index (χ2n) is 7.23. The molecule has 1 aliphatic carbocycles. The van der Waals surface area contributed by atoms with Crippen LogP contribution in [0.4, 0.5) is 0 Å². The molecule has 132 valence electrons. The van der Waals surface area contributed by atoms with E-state index in [0.29, 0.717) is 10.0 Å². The molecule has 0 spiro atoms. The Hall–Kier alpha value is -0.480. The number of nitrogens with zero attached hydrogens (tertiary/aromatic N) is 1. The Bertz CT molecular complexity index is 598. The van der Waals surface area contributed by atoms with Gasteiger partial charge >= 0.3 is 0 Å². The molecule has 1 amide bonds. The molecule has 2 heterocycles. The number of rotatable bonds is 2. The third-order valence-electron chi connectivity index (χ3n) is 5.91. The molecule has 3 aliphatic rings. The monoisotopic (exact) mass is 388 g/mol. The molecular weight excluding hydrogens is 367 g/mol. The molecule has 2 saturated heterocycles. The van der Waals surface area contributed by atoms with E-state index in [1.165, 1.54) is 0 Å². The van der Waals surface area contributed by atoms with Crippen molar-refractivity contribution < 1.29 is 4.79 Å². The van der Waals surface area contributed by atoms with E-state index >= 15 is 0 Å². The van der Waals surface area contributed by atoms with Gasteiger partial charge in [0.2, 0.25) is 5.91 Å². The molecule has 1 saturated carbocycles. The summed E-state index contributed by atoms with van der Waals surface area (Å²) >= 11 is 12.8. The quantitative estimate of drug-likeness (QED) is 0.832. The number of amides is 1. The van der Waals surface area contributed by atoms with Crippen LogP contribution in [0.1, 0.15) is 31.2 Å². The first-order valence-electron chi connectivity index (χ1n) is 8.56. The minimum Gasteiger partial charge on any atom is -0.342 e. The number of nitrogens with one attached hydrogen (secondary N) is 1. The summed E-state index contributed by atoms with van der Waals surface area (Å²) in [5, 5.41) is 4.73. The SMILES string of the molecule is Cl.O=C(N1CC[C@@H]2CNC[C@@H]2CC1)C1(c2c(Cl)cccc2Cl)CC1. The highest BCUT2D eigenvalue weighted by Crippen LogP contribution is 2.54. The molecule has 6 heteroatoms. The van der Waals surface area contributed by atoms with Crippen molar-refractivity contribution in [3.05, 3.63) is 33.8 Å². The van der Waals surface area contributed by atoms with Gasteiger partial charge in [-0.05, 0) is 62.7 Å². The first-order valence-corrected chi connectivity index (χ1v) is 9.32. The number of likely N-dealkylation sites (tertiary alicyclic amines) is 1. The number of halogens is 3. The Labute approximate surface area is 159 Å². The molecule has 24 heavy (non-hydrogen) atoms. The van der Waals surface area contributed by atoms with Crippen molar-refractivity contribution in [3.63, 3.8) is 0 Å². The van der Waals surface area contributed by atoms with Crippen LogP contribution in [-0.2, 0) is 10.2 Å². The zero-order chi connectivity index (χ0) is 16.0. The van der Waals surface area contributed by atoms with E-state index in [0.717, 1.165) is 69.3 Å². The van der Waals surface area contributed by atoms with Gasteiger partial charge in [-0.2, -0.15) is 0 Å². The number of hydrogen-bond acceptors (Lipinski definition) is 2. The summed E-state index contributed by atoms with van der Waals surface area (Å²) in [6, 6.07) is 5.53. The summed E-state index contributed by atoms with van der Waals surface area (Å²) < 4.78 is 0. The van der Waals surface area contributed by atoms with Gasteiger partial charge in [0.15, 0.2) is 0 Å². The van der Waals surface area contributed by atoms with Crippen LogP contribution < -0.4 is 5.32 Å². The van der Waals surface area contributed by atoms with E-state index in [9.17, 15) is 4.79 Å². The number of hydrogen-bond donors (Lipinski definition) is 1. The normalized spacial score (nSPS) is 27.8. The van der Waals surface area contributed by atoms with Crippen molar-refractivity contribution in [3.8, 4) is 0 Å². The van der Waals surface area contributed by atoms with Crippen LogP contribution in [0.2, 0.25) is 10.0 Å². The summed E-state index contributed by atoms with van der Waals surface area (Å²) in [6.45, 7) is 3.94. The molecule has 4 rings (SSSR count). The molecular formula is C18H23Cl3N2O. The topological polar surface area (TPSA) is 32.3 Å². The lowest BCUT2D eigenvalue weighted by atomic mass is 9.92. The van der Waals surface area contributed by atoms with E-state index in [1.54, 1.807) is 0 Å². The first-order chi connectivity index (χ1) is 11.1. The fraction of sp³-hybridized carbons (Fsp3) is 0.611. The van der Waals surface area contributed by atoms with Crippen molar-refractivity contribution >= 4 is 41.5 Å². The zero-order valence-electron chi connectivity index (χ0n) is 13.6. The molecule has 0 radical (unpaired) electrons. The van der Waals surface area contributed by atoms with Crippen LogP contribution in [-0.4, -0.2) is 37.0 Å². The van der Waals surface area contributed by atoms with Gasteiger partial charge in [0.05, 0.1) is 5.41 Å². The standard InChI is InChI=1S/C18H22Cl2N2O.ClH/c19-14-2-1-3-15(20)16(14)18(6-7-18)17(23)22-8-4-12-10-21-11-13(12)5-9-22;/h1-3,12-13,21H,4-11H2;1H/t12-,13+;. The van der Waals surface area contributed by atoms with Crippen molar-refractivity contribution in [2.45, 2.75) is 31.1 Å². The van der Waals surface area contributed by atoms with Gasteiger partial charge in [0.25, 0.3) is 0 Å². The fourth-order valence-electron chi connectivity index (χ4n) is 4.37. The van der Waals surface area contributed by atoms with Gasteiger partial charge in [-0.25, -0.2) is 0 Å². The van der Waals surface area contributed by atoms with Gasteiger partial charge in [0, 0.05) is 28.7 Å². The minimum atomic E-state index is -0.465. The summed E-state index contributed by atoms with van der Waals surface area (Å²) in [5.74, 6) is 1.69. The van der Waals surface area contributed by atoms with E-state index in [1.807, 2.05) is 18.2 Å². The van der Waals surface area contributed by atoms with E-state index < -0.39 is 5.41 Å². The van der Waals surface area contributed by atoms with Crippen molar-refractivity contribution in [2.24, 2.45) is 11.8 Å². The summed E-state index contributed by atoms with van der Waals surface area (Å²) in [4.78, 5) is 15.3. The highest BCUT2D eigenvalue weighted by molar-refractivity contribution is 6.36. The summed E-state index contributed by atoms with van der Waals surface area (Å²) in [7, 11) is 0. The maximum Gasteiger partial charge on any atom is 0.233 e. The third-order valence-corrected chi connectivity index (χ3v) is 6.54. The van der Waals surface area contributed by atoms with Gasteiger partial charge in [-0.15, -0.1) is 12.4 Å². The fourth-order valence-corrected chi connectivity index (χ4v) is 5.13. The van der Waals surface area contributed by atoms with Crippen LogP contribution in [0.5, 0.6) is 0 Å². The smallest absolute Gasteiger partial charge is 0.233 e. The highest BCUT2D eigenvalue weighted by Gasteiger charge is 2.55. The maximum absolute atomic E-state index is 13.3. The van der Waals surface area contributed by atoms with Gasteiger partial charge in [0.1, 0.15) is 0 Å². The molecule has 1 aromatic carbocycles. The Morgan fingerprint density at radius 2 is 1.62 bits per heavy atom. The lowest BCUT2D eigenvalue weighted by Gasteiger charge is -2.27. The minimum absolute atomic E-state index is 0. The highest BCUT2D eigenvalue weighted by atomic mass is 35.5. The second-order valence-corrected chi connectivity index (χ2v) is 8.04. The van der Waals surface area contributed by atoms with Gasteiger partial charge in [-0.3, -0.25) is 4.79 Å². The predicted molar refractivity (Wildman–Crippen MR) is 100 cm³/mol. The molecule has 2 atom stereocenters. The van der Waals surface area contributed by atoms with E-state index in [2.05, 4.69) is 10.2 Å². The second kappa shape index (κ2) is 7.03. The molecule has 2 aliphatic heterocycles. The van der Waals surface area contributed by atoms with Crippen molar-refractivity contribution in [2.75, 3.05) is 26.2 Å². The predicted octanol–water partition coefficient (Wildman–Crippen LogP) is 3.90. The molecule has 0 bridgehead atoms. The largest absolute Gasteiger partial charge is 0.342 e. The van der Waals surface area contributed by atoms with Crippen LogP contribution in [0.3, 0.4) is 0 Å². The number of fused-ring (bicyclic) bond motifs is 1. The van der Waals surface area contributed by atoms with E-state index in [4.69, 9.17) is 23.2 Å². The van der Waals surface area contributed by atoms with E-state index in [-0.39, 0.29) is 18.3 Å². The number of benzene rings is 1. The third kappa shape index (κ3) is 3.05. The Morgan fingerprint density at radius 1 is 1.08 bits per heavy atom. The van der Waals surface area contributed by atoms with Crippen LogP contribution in [0.15, 0.2) is 18.2 Å². The molecule has 1 aromatic rings. The summed E-state index contributed by atoms with van der Waals surface area (Å²) in [5.41, 5.74) is 0.382. The number of carbonyl (C=O) groups excluding carboxylic acids is 1. The zero-order valence-corrected chi connectivity index (χ0v) is 15.9. The van der Waals surface area contributed by atoms with Crippen LogP contribution >= 0.6 is 35.6 Å². The average Bonchev–Trinajstić information content (AvgIpc) is 3.25. The lowest BCUT2D eigenvalue weighted by molar-refractivity contribution is -0.134. The lowest BCUT2D eigenvalue weighted by Crippen LogP contribution is -2.40. The maximum atomic E-state index is 13.3. The van der Waals surface area contributed by atoms with Crippen molar-refractivity contribution in [1.82, 2.24) is 10.2 Å². The van der Waals surface area contributed by atoms with Gasteiger partial charge in [-0.1, -0.05) is 29.3 Å². The Kier molecular flexibility index (Phi) is 5.36. The van der Waals surface area contributed by atoms with Crippen molar-refractivity contribution in [1.29, 1.82) is 0 Å². The molecule has 0 aromatic heterocycles. The number of carbonyl (C=O) groups is 1. The van der Waals surface area contributed by atoms with Crippen LogP contribution in [0.25, 0.3) is 0 Å². The van der Waals surface area contributed by atoms with Crippen LogP contribution in [0, 0.1) is 11.8 Å². The Balaban J connectivity index is 0.00000169. The molecule has 3 nitrogen and oxygen atoms in total. The molecule has 1 N–H and O–H groups in total. The molecule has 3 fully saturated rings. The average molecular weight is 390 g/mol. The molecule has 0 unspecified atom stereocenters.